The van der Waals surface area contributed by atoms with Crippen LogP contribution < -0.4 is 0 Å². The van der Waals surface area contributed by atoms with E-state index in [-0.39, 0.29) is 0 Å². The van der Waals surface area contributed by atoms with Gasteiger partial charge in [0, 0.05) is 0 Å². The molecular weight excluding hydrogens is 168 g/mol. The summed E-state index contributed by atoms with van der Waals surface area (Å²) in [5, 5.41) is 0. The molecule has 0 unspecified atom stereocenters. The Morgan fingerprint density at radius 3 is 1.21 bits per heavy atom. The van der Waals surface area contributed by atoms with Gasteiger partial charge in [-0.1, -0.05) is 65.9 Å². The highest BCUT2D eigenvalue weighted by Gasteiger charge is 1.80. The highest BCUT2D eigenvalue weighted by atomic mass is 13.9. The van der Waals surface area contributed by atoms with Crippen LogP contribution in [0.4, 0.5) is 0 Å². The lowest BCUT2D eigenvalue weighted by Gasteiger charge is -1.90. The molecule has 0 aliphatic carbocycles. The van der Waals surface area contributed by atoms with Crippen molar-refractivity contribution < 1.29 is 0 Å². The summed E-state index contributed by atoms with van der Waals surface area (Å²) in [7, 11) is 0. The first-order valence-electron chi connectivity index (χ1n) is 5.90. The molecule has 0 saturated heterocycles. The third kappa shape index (κ3) is 104. The lowest BCUT2D eigenvalue weighted by Crippen LogP contribution is -1.70. The van der Waals surface area contributed by atoms with Crippen LogP contribution in [0.3, 0.4) is 0 Å². The van der Waals surface area contributed by atoms with E-state index < -0.39 is 0 Å². The van der Waals surface area contributed by atoms with Gasteiger partial charge in [0.05, 0.1) is 0 Å². The molecular formula is C14H32. The molecule has 0 atom stereocenters. The Balaban J connectivity index is -0.0000000603. The largest absolute Gasteiger partial charge is 0.106 e. The number of unbranched alkanes of at least 4 members (excludes halogenated alkanes) is 4. The fraction of sp³-hybridized carbons (Fsp3) is 0.714. The Bertz CT molecular complexity index is 51.1. The fourth-order valence-corrected chi connectivity index (χ4v) is 0.677. The molecule has 0 amide bonds. The summed E-state index contributed by atoms with van der Waals surface area (Å²) in [6.07, 6.45) is 8.76. The van der Waals surface area contributed by atoms with Gasteiger partial charge < -0.3 is 0 Å². The minimum Gasteiger partial charge on any atom is -0.106 e. The van der Waals surface area contributed by atoms with Gasteiger partial charge >= 0.3 is 0 Å². The van der Waals surface area contributed by atoms with Gasteiger partial charge in [-0.05, 0) is 6.92 Å². The lowest BCUT2D eigenvalue weighted by atomic mass is 10.2. The van der Waals surface area contributed by atoms with Gasteiger partial charge in [0.2, 0.25) is 0 Å². The van der Waals surface area contributed by atoms with E-state index >= 15 is 0 Å². The van der Waals surface area contributed by atoms with Crippen LogP contribution in [-0.4, -0.2) is 0 Å². The van der Waals surface area contributed by atoms with E-state index in [1.807, 2.05) is 20.8 Å². The maximum Gasteiger partial charge on any atom is -0.0473 e. The van der Waals surface area contributed by atoms with Crippen molar-refractivity contribution in [3.05, 3.63) is 25.8 Å². The molecule has 0 N–H and O–H groups in total. The van der Waals surface area contributed by atoms with Gasteiger partial charge in [-0.15, -0.1) is 19.7 Å². The van der Waals surface area contributed by atoms with E-state index in [2.05, 4.69) is 33.6 Å². The zero-order chi connectivity index (χ0) is 12.2. The van der Waals surface area contributed by atoms with Crippen LogP contribution in [0.2, 0.25) is 0 Å². The van der Waals surface area contributed by atoms with Gasteiger partial charge in [0.25, 0.3) is 0 Å². The lowest BCUT2D eigenvalue weighted by molar-refractivity contribution is 0.656. The summed E-state index contributed by atoms with van der Waals surface area (Å²) in [5.74, 6) is 0. The average Bonchev–Trinajstić information content (AvgIpc) is 2.26. The first kappa shape index (κ1) is 23.4. The van der Waals surface area contributed by atoms with Crippen LogP contribution in [0.15, 0.2) is 25.8 Å². The molecule has 0 aromatic heterocycles. The van der Waals surface area contributed by atoms with Crippen molar-refractivity contribution in [2.75, 3.05) is 0 Å². The Morgan fingerprint density at radius 2 is 1.07 bits per heavy atom. The Morgan fingerprint density at radius 1 is 0.857 bits per heavy atom. The number of hydrogen-bond donors (Lipinski definition) is 0. The Hall–Kier alpha value is -0.520. The highest BCUT2D eigenvalue weighted by Crippen LogP contribution is 2.00. The number of rotatable bonds is 4. The normalized spacial score (nSPS) is 6.36. The minimum absolute atomic E-state index is 1.36. The second-order valence-corrected chi connectivity index (χ2v) is 2.47. The summed E-state index contributed by atoms with van der Waals surface area (Å²) in [6.45, 7) is 19.7. The zero-order valence-corrected chi connectivity index (χ0v) is 11.2. The first-order chi connectivity index (χ1) is 6.83. The van der Waals surface area contributed by atoms with Gasteiger partial charge in [-0.2, -0.15) is 0 Å². The maximum absolute atomic E-state index is 3.36. The van der Waals surface area contributed by atoms with Crippen LogP contribution in [0.25, 0.3) is 0 Å². The summed E-state index contributed by atoms with van der Waals surface area (Å²) in [5.41, 5.74) is 0. The fourth-order valence-electron chi connectivity index (χ4n) is 0.677. The quantitative estimate of drug-likeness (QED) is 0.386. The van der Waals surface area contributed by atoms with E-state index in [1.54, 1.807) is 6.08 Å². The third-order valence-electron chi connectivity index (χ3n) is 1.21. The van der Waals surface area contributed by atoms with E-state index in [1.165, 1.54) is 32.1 Å². The molecule has 0 radical (unpaired) electrons. The summed E-state index contributed by atoms with van der Waals surface area (Å²) in [6, 6.07) is 0. The molecule has 0 saturated carbocycles. The van der Waals surface area contributed by atoms with Crippen LogP contribution in [0, 0.1) is 0 Å². The van der Waals surface area contributed by atoms with Gasteiger partial charge in [0.15, 0.2) is 0 Å². The molecule has 0 aliphatic heterocycles. The summed E-state index contributed by atoms with van der Waals surface area (Å²) >= 11 is 0. The smallest absolute Gasteiger partial charge is 0.0473 e. The zero-order valence-electron chi connectivity index (χ0n) is 11.2. The van der Waals surface area contributed by atoms with Crippen LogP contribution in [0.5, 0.6) is 0 Å². The average molecular weight is 200 g/mol. The summed E-state index contributed by atoms with van der Waals surface area (Å²) in [4.78, 5) is 0. The van der Waals surface area contributed by atoms with Crippen molar-refractivity contribution in [1.29, 1.82) is 0 Å². The third-order valence-corrected chi connectivity index (χ3v) is 1.21. The van der Waals surface area contributed by atoms with Crippen molar-refractivity contribution in [3.8, 4) is 0 Å². The molecule has 14 heavy (non-hydrogen) atoms. The van der Waals surface area contributed by atoms with Crippen molar-refractivity contribution in [3.63, 3.8) is 0 Å². The molecule has 0 bridgehead atoms. The molecule has 0 fully saturated rings. The molecule has 0 rings (SSSR count). The standard InChI is InChI=1S/C7H16.C3H6.C2H6.C2H4/c1-3-5-7-6-4-2;1-3-2;2*1-2/h3-7H2,1-2H3;3H,1H2,2H3;1-2H3;1-2H2. The first-order valence-corrected chi connectivity index (χ1v) is 5.90. The van der Waals surface area contributed by atoms with Crippen LogP contribution >= 0.6 is 0 Å². The SMILES string of the molecule is C=C.C=CC.CC.CCCCCCC. The predicted octanol–water partition coefficient (Wildman–Crippen LogP) is 6.00. The number of hydrogen-bond acceptors (Lipinski definition) is 0. The van der Waals surface area contributed by atoms with Crippen molar-refractivity contribution in [2.24, 2.45) is 0 Å². The Labute approximate surface area is 93.1 Å². The monoisotopic (exact) mass is 200 g/mol. The Kier molecular flexibility index (Phi) is 91.4. The second kappa shape index (κ2) is 54.8. The number of allylic oxidation sites excluding steroid dienone is 1. The summed E-state index contributed by atoms with van der Waals surface area (Å²) < 4.78 is 0. The maximum atomic E-state index is 3.36. The van der Waals surface area contributed by atoms with Crippen LogP contribution in [0.1, 0.15) is 66.7 Å². The van der Waals surface area contributed by atoms with Gasteiger partial charge in [-0.3, -0.25) is 0 Å². The molecule has 0 nitrogen and oxygen atoms in total. The molecule has 0 aromatic carbocycles. The van der Waals surface area contributed by atoms with Crippen molar-refractivity contribution >= 4 is 0 Å². The van der Waals surface area contributed by atoms with Crippen molar-refractivity contribution in [1.82, 2.24) is 0 Å². The van der Waals surface area contributed by atoms with E-state index in [4.69, 9.17) is 0 Å². The van der Waals surface area contributed by atoms with Gasteiger partial charge in [-0.25, -0.2) is 0 Å². The predicted molar refractivity (Wildman–Crippen MR) is 72.9 cm³/mol. The molecule has 0 heterocycles. The minimum atomic E-state index is 1.36. The molecule has 0 heteroatoms. The molecule has 88 valence electrons. The van der Waals surface area contributed by atoms with E-state index in [0.717, 1.165) is 0 Å². The van der Waals surface area contributed by atoms with Gasteiger partial charge in [0.1, 0.15) is 0 Å². The molecule has 0 aromatic rings. The van der Waals surface area contributed by atoms with Crippen molar-refractivity contribution in [2.45, 2.75) is 66.7 Å². The van der Waals surface area contributed by atoms with E-state index in [0.29, 0.717) is 0 Å². The molecule has 0 spiro atoms. The van der Waals surface area contributed by atoms with E-state index in [9.17, 15) is 0 Å². The highest BCUT2D eigenvalue weighted by molar-refractivity contribution is 4.51. The van der Waals surface area contributed by atoms with Crippen LogP contribution in [-0.2, 0) is 0 Å². The second-order valence-electron chi connectivity index (χ2n) is 2.47. The topological polar surface area (TPSA) is 0 Å². The molecule has 0 aliphatic rings.